The first-order valence-electron chi connectivity index (χ1n) is 6.77. The van der Waals surface area contributed by atoms with Crippen LogP contribution in [0.4, 0.5) is 19.0 Å². The second-order valence-corrected chi connectivity index (χ2v) is 5.17. The highest BCUT2D eigenvalue weighted by Crippen LogP contribution is 2.29. The minimum atomic E-state index is -4.37. The zero-order chi connectivity index (χ0) is 16.3. The van der Waals surface area contributed by atoms with Crippen molar-refractivity contribution < 1.29 is 18.0 Å². The van der Waals surface area contributed by atoms with Crippen LogP contribution in [0.15, 0.2) is 36.5 Å². The summed E-state index contributed by atoms with van der Waals surface area (Å²) in [4.78, 5) is 12.0. The van der Waals surface area contributed by atoms with Crippen molar-refractivity contribution in [3.8, 4) is 0 Å². The number of hydrogen-bond acceptors (Lipinski definition) is 2. The lowest BCUT2D eigenvalue weighted by Crippen LogP contribution is -2.18. The number of carbonyl (C=O) groups is 1. The summed E-state index contributed by atoms with van der Waals surface area (Å²) >= 11 is 0. The molecular formula is C15H16F3N3O. The Hall–Kier alpha value is -2.31. The Balaban J connectivity index is 2.02. The van der Waals surface area contributed by atoms with Gasteiger partial charge in [-0.25, -0.2) is 4.68 Å². The lowest BCUT2D eigenvalue weighted by atomic mass is 10.1. The minimum Gasteiger partial charge on any atom is -0.311 e. The van der Waals surface area contributed by atoms with Crippen LogP contribution >= 0.6 is 0 Å². The van der Waals surface area contributed by atoms with Gasteiger partial charge in [-0.2, -0.15) is 18.3 Å². The smallest absolute Gasteiger partial charge is 0.311 e. The van der Waals surface area contributed by atoms with Crippen molar-refractivity contribution in [3.63, 3.8) is 0 Å². The molecule has 2 rings (SSSR count). The van der Waals surface area contributed by atoms with Crippen LogP contribution in [0.1, 0.15) is 31.0 Å². The van der Waals surface area contributed by atoms with Crippen LogP contribution in [0.25, 0.3) is 0 Å². The number of rotatable bonds is 4. The molecule has 1 heterocycles. The summed E-state index contributed by atoms with van der Waals surface area (Å²) in [6, 6.07) is 6.33. The molecule has 2 aromatic rings. The summed E-state index contributed by atoms with van der Waals surface area (Å²) in [7, 11) is 0. The molecule has 0 saturated heterocycles. The molecule has 7 heteroatoms. The number of benzene rings is 1. The van der Waals surface area contributed by atoms with E-state index in [9.17, 15) is 18.0 Å². The average molecular weight is 311 g/mol. The number of alkyl halides is 3. The predicted molar refractivity (Wildman–Crippen MR) is 76.4 cm³/mol. The monoisotopic (exact) mass is 311 g/mol. The van der Waals surface area contributed by atoms with Gasteiger partial charge < -0.3 is 5.32 Å². The lowest BCUT2D eigenvalue weighted by Gasteiger charge is -2.12. The molecule has 0 bridgehead atoms. The third-order valence-electron chi connectivity index (χ3n) is 3.07. The van der Waals surface area contributed by atoms with Crippen LogP contribution in [0.2, 0.25) is 0 Å². The molecule has 0 saturated carbocycles. The van der Waals surface area contributed by atoms with Gasteiger partial charge in [-0.05, 0) is 31.5 Å². The lowest BCUT2D eigenvalue weighted by molar-refractivity contribution is -0.137. The van der Waals surface area contributed by atoms with Crippen LogP contribution in [0, 0.1) is 0 Å². The van der Waals surface area contributed by atoms with E-state index in [1.165, 1.54) is 12.1 Å². The van der Waals surface area contributed by atoms with Crippen molar-refractivity contribution in [2.24, 2.45) is 0 Å². The SMILES string of the molecule is CC(C)n1nccc1NC(=O)Cc1ccc(C(F)(F)F)cc1. The summed E-state index contributed by atoms with van der Waals surface area (Å²) in [5.74, 6) is 0.258. The van der Waals surface area contributed by atoms with Crippen molar-refractivity contribution in [3.05, 3.63) is 47.7 Å². The van der Waals surface area contributed by atoms with Crippen molar-refractivity contribution in [2.45, 2.75) is 32.5 Å². The second-order valence-electron chi connectivity index (χ2n) is 5.17. The normalized spacial score (nSPS) is 11.7. The van der Waals surface area contributed by atoms with Crippen LogP contribution in [-0.4, -0.2) is 15.7 Å². The molecule has 0 spiro atoms. The van der Waals surface area contributed by atoms with E-state index < -0.39 is 11.7 Å². The number of amides is 1. The fraction of sp³-hybridized carbons (Fsp3) is 0.333. The Morgan fingerprint density at radius 2 is 1.86 bits per heavy atom. The summed E-state index contributed by atoms with van der Waals surface area (Å²) in [6.07, 6.45) is -2.79. The number of nitrogens with zero attached hydrogens (tertiary/aromatic N) is 2. The van der Waals surface area contributed by atoms with E-state index in [1.54, 1.807) is 16.9 Å². The van der Waals surface area contributed by atoms with Gasteiger partial charge in [0.1, 0.15) is 5.82 Å². The van der Waals surface area contributed by atoms with Gasteiger partial charge in [0.25, 0.3) is 0 Å². The summed E-state index contributed by atoms with van der Waals surface area (Å²) in [5.41, 5.74) is -0.212. The second kappa shape index (κ2) is 6.21. The zero-order valence-electron chi connectivity index (χ0n) is 12.2. The van der Waals surface area contributed by atoms with Crippen LogP contribution in [0.3, 0.4) is 0 Å². The molecule has 1 N–H and O–H groups in total. The maximum atomic E-state index is 12.5. The van der Waals surface area contributed by atoms with Crippen LogP contribution in [-0.2, 0) is 17.4 Å². The minimum absolute atomic E-state index is 0.00140. The molecular weight excluding hydrogens is 295 g/mol. The highest BCUT2D eigenvalue weighted by atomic mass is 19.4. The predicted octanol–water partition coefficient (Wildman–Crippen LogP) is 3.66. The summed E-state index contributed by atoms with van der Waals surface area (Å²) in [5, 5.41) is 6.80. The molecule has 1 amide bonds. The van der Waals surface area contributed by atoms with E-state index in [0.717, 1.165) is 12.1 Å². The number of carbonyl (C=O) groups excluding carboxylic acids is 1. The molecule has 4 nitrogen and oxygen atoms in total. The van der Waals surface area contributed by atoms with E-state index in [0.29, 0.717) is 11.4 Å². The van der Waals surface area contributed by atoms with Crippen LogP contribution < -0.4 is 5.32 Å². The van der Waals surface area contributed by atoms with Gasteiger partial charge in [0.2, 0.25) is 5.91 Å². The number of halogens is 3. The largest absolute Gasteiger partial charge is 0.416 e. The Kier molecular flexibility index (Phi) is 4.54. The van der Waals surface area contributed by atoms with E-state index in [-0.39, 0.29) is 18.4 Å². The van der Waals surface area contributed by atoms with E-state index in [1.807, 2.05) is 13.8 Å². The van der Waals surface area contributed by atoms with Gasteiger partial charge in [0.05, 0.1) is 18.2 Å². The molecule has 22 heavy (non-hydrogen) atoms. The Labute approximate surface area is 125 Å². The topological polar surface area (TPSA) is 46.9 Å². The Morgan fingerprint density at radius 1 is 1.23 bits per heavy atom. The van der Waals surface area contributed by atoms with Crippen molar-refractivity contribution >= 4 is 11.7 Å². The maximum Gasteiger partial charge on any atom is 0.416 e. The standard InChI is InChI=1S/C15H16F3N3O/c1-10(2)21-13(7-8-19-21)20-14(22)9-11-3-5-12(6-4-11)15(16,17)18/h3-8,10H,9H2,1-2H3,(H,20,22). The number of hydrogen-bond donors (Lipinski definition) is 1. The quantitative estimate of drug-likeness (QED) is 0.936. The Morgan fingerprint density at radius 3 is 2.41 bits per heavy atom. The molecule has 0 fully saturated rings. The molecule has 0 unspecified atom stereocenters. The number of nitrogens with one attached hydrogen (secondary N) is 1. The van der Waals surface area contributed by atoms with E-state index in [4.69, 9.17) is 0 Å². The fourth-order valence-electron chi connectivity index (χ4n) is 2.01. The maximum absolute atomic E-state index is 12.5. The average Bonchev–Trinajstić information content (AvgIpc) is 2.86. The molecule has 0 atom stereocenters. The number of aromatic nitrogens is 2. The van der Waals surface area contributed by atoms with Crippen molar-refractivity contribution in [2.75, 3.05) is 5.32 Å². The molecule has 118 valence electrons. The van der Waals surface area contributed by atoms with E-state index in [2.05, 4.69) is 10.4 Å². The van der Waals surface area contributed by atoms with Gasteiger partial charge >= 0.3 is 6.18 Å². The first kappa shape index (κ1) is 16.1. The molecule has 0 aliphatic carbocycles. The molecule has 1 aromatic carbocycles. The van der Waals surface area contributed by atoms with E-state index >= 15 is 0 Å². The first-order valence-corrected chi connectivity index (χ1v) is 6.77. The zero-order valence-corrected chi connectivity index (χ0v) is 12.2. The third kappa shape index (κ3) is 3.87. The Bertz CT molecular complexity index is 645. The van der Waals surface area contributed by atoms with Gasteiger partial charge in [-0.1, -0.05) is 12.1 Å². The number of anilines is 1. The van der Waals surface area contributed by atoms with Crippen molar-refractivity contribution in [1.29, 1.82) is 0 Å². The molecule has 1 aromatic heterocycles. The molecule has 0 radical (unpaired) electrons. The summed E-state index contributed by atoms with van der Waals surface area (Å²) < 4.78 is 39.1. The molecule has 0 aliphatic heterocycles. The van der Waals surface area contributed by atoms with Crippen molar-refractivity contribution in [1.82, 2.24) is 9.78 Å². The summed E-state index contributed by atoms with van der Waals surface area (Å²) in [6.45, 7) is 3.86. The van der Waals surface area contributed by atoms with Gasteiger partial charge in [0, 0.05) is 12.1 Å². The van der Waals surface area contributed by atoms with Gasteiger partial charge in [-0.3, -0.25) is 4.79 Å². The fourth-order valence-corrected chi connectivity index (χ4v) is 2.01. The third-order valence-corrected chi connectivity index (χ3v) is 3.07. The first-order chi connectivity index (χ1) is 10.3. The molecule has 0 aliphatic rings. The highest BCUT2D eigenvalue weighted by Gasteiger charge is 2.29. The highest BCUT2D eigenvalue weighted by molar-refractivity contribution is 5.91. The van der Waals surface area contributed by atoms with Gasteiger partial charge in [0.15, 0.2) is 0 Å². The van der Waals surface area contributed by atoms with Crippen LogP contribution in [0.5, 0.6) is 0 Å². The van der Waals surface area contributed by atoms with Gasteiger partial charge in [-0.15, -0.1) is 0 Å².